The zero-order valence-electron chi connectivity index (χ0n) is 16.6. The van der Waals surface area contributed by atoms with Crippen LogP contribution in [0, 0.1) is 11.3 Å². The van der Waals surface area contributed by atoms with Gasteiger partial charge in [-0.15, -0.1) is 10.2 Å². The van der Waals surface area contributed by atoms with E-state index in [9.17, 15) is 0 Å². The van der Waals surface area contributed by atoms with Crippen LogP contribution in [0.4, 0.5) is 0 Å². The van der Waals surface area contributed by atoms with Crippen LogP contribution in [0.1, 0.15) is 33.3 Å². The van der Waals surface area contributed by atoms with Gasteiger partial charge in [0.2, 0.25) is 0 Å². The first kappa shape index (κ1) is 20.0. The summed E-state index contributed by atoms with van der Waals surface area (Å²) in [6.45, 7) is 9.17. The smallest absolute Gasteiger partial charge is 0.197 e. The Morgan fingerprint density at radius 1 is 1.04 bits per heavy atom. The molecule has 0 atom stereocenters. The van der Waals surface area contributed by atoms with E-state index >= 15 is 0 Å². The van der Waals surface area contributed by atoms with Crippen molar-refractivity contribution in [2.45, 2.75) is 38.3 Å². The molecule has 0 aliphatic heterocycles. The fourth-order valence-corrected chi connectivity index (χ4v) is 3.47. The van der Waals surface area contributed by atoms with Crippen LogP contribution in [0.5, 0.6) is 5.75 Å². The fourth-order valence-electron chi connectivity index (χ4n) is 2.86. The minimum absolute atomic E-state index is 0.0924. The molecule has 0 aliphatic rings. The van der Waals surface area contributed by atoms with E-state index in [2.05, 4.69) is 61.3 Å². The summed E-state index contributed by atoms with van der Waals surface area (Å²) in [5, 5.41) is 18.4. The van der Waals surface area contributed by atoms with E-state index in [1.54, 1.807) is 0 Å². The van der Waals surface area contributed by atoms with Crippen LogP contribution in [-0.2, 0) is 5.41 Å². The summed E-state index contributed by atoms with van der Waals surface area (Å²) < 4.78 is 7.53. The Hall–Kier alpha value is -2.78. The topological polar surface area (TPSA) is 63.7 Å². The van der Waals surface area contributed by atoms with Crippen LogP contribution in [0.25, 0.3) is 17.1 Å². The number of thioether (sulfide) groups is 1. The molecular weight excluding hydrogens is 368 g/mol. The molecular formula is C22H24N4OS. The van der Waals surface area contributed by atoms with Crippen LogP contribution in [-0.4, -0.2) is 27.1 Å². The third-order valence-electron chi connectivity index (χ3n) is 4.31. The standard InChI is InChI=1S/C22H24N4OS/c1-5-27-19-12-10-18(11-13-19)26-20(24-25-21(26)28-15-14-23)16-6-8-17(9-7-16)22(2,3)4/h6-13H,5,15H2,1-4H3. The molecule has 2 aromatic carbocycles. The third kappa shape index (κ3) is 4.37. The van der Waals surface area contributed by atoms with Crippen molar-refractivity contribution in [3.8, 4) is 28.9 Å². The summed E-state index contributed by atoms with van der Waals surface area (Å²) in [5.74, 6) is 1.89. The van der Waals surface area contributed by atoms with E-state index in [4.69, 9.17) is 10.00 Å². The average Bonchev–Trinajstić information content (AvgIpc) is 3.10. The lowest BCUT2D eigenvalue weighted by atomic mass is 9.87. The number of hydrogen-bond acceptors (Lipinski definition) is 5. The van der Waals surface area contributed by atoms with Crippen molar-refractivity contribution in [2.75, 3.05) is 12.4 Å². The van der Waals surface area contributed by atoms with Gasteiger partial charge in [0.25, 0.3) is 0 Å². The molecule has 0 saturated heterocycles. The molecule has 6 heteroatoms. The van der Waals surface area contributed by atoms with E-state index in [-0.39, 0.29) is 5.41 Å². The van der Waals surface area contributed by atoms with Crippen molar-refractivity contribution in [1.29, 1.82) is 5.26 Å². The van der Waals surface area contributed by atoms with Crippen molar-refractivity contribution in [3.05, 3.63) is 54.1 Å². The van der Waals surface area contributed by atoms with Crippen molar-refractivity contribution >= 4 is 11.8 Å². The molecule has 1 heterocycles. The van der Waals surface area contributed by atoms with Crippen molar-refractivity contribution in [1.82, 2.24) is 14.8 Å². The molecule has 0 saturated carbocycles. The molecule has 3 rings (SSSR count). The monoisotopic (exact) mass is 392 g/mol. The number of ether oxygens (including phenoxy) is 1. The maximum absolute atomic E-state index is 8.97. The second-order valence-electron chi connectivity index (χ2n) is 7.34. The molecule has 3 aromatic rings. The number of nitrogens with zero attached hydrogens (tertiary/aromatic N) is 4. The zero-order valence-corrected chi connectivity index (χ0v) is 17.5. The van der Waals surface area contributed by atoms with Crippen LogP contribution in [0.15, 0.2) is 53.7 Å². The van der Waals surface area contributed by atoms with Gasteiger partial charge < -0.3 is 4.74 Å². The van der Waals surface area contributed by atoms with Crippen LogP contribution >= 0.6 is 11.8 Å². The molecule has 28 heavy (non-hydrogen) atoms. The first-order valence-corrected chi connectivity index (χ1v) is 10.2. The van der Waals surface area contributed by atoms with E-state index in [1.807, 2.05) is 35.8 Å². The summed E-state index contributed by atoms with van der Waals surface area (Å²) >= 11 is 1.38. The molecule has 0 bridgehead atoms. The van der Waals surface area contributed by atoms with Crippen molar-refractivity contribution in [3.63, 3.8) is 0 Å². The van der Waals surface area contributed by atoms with Gasteiger partial charge in [-0.1, -0.05) is 56.8 Å². The van der Waals surface area contributed by atoms with E-state index < -0.39 is 0 Å². The molecule has 0 unspecified atom stereocenters. The molecule has 5 nitrogen and oxygen atoms in total. The summed E-state index contributed by atoms with van der Waals surface area (Å²) in [6, 6.07) is 18.4. The Bertz CT molecular complexity index is 964. The third-order valence-corrected chi connectivity index (χ3v) is 5.11. The molecule has 0 aliphatic carbocycles. The number of hydrogen-bond donors (Lipinski definition) is 0. The molecule has 0 N–H and O–H groups in total. The highest BCUT2D eigenvalue weighted by Crippen LogP contribution is 2.30. The van der Waals surface area contributed by atoms with Gasteiger partial charge in [0.05, 0.1) is 18.4 Å². The van der Waals surface area contributed by atoms with Gasteiger partial charge in [-0.05, 0) is 42.2 Å². The van der Waals surface area contributed by atoms with Gasteiger partial charge in [0.1, 0.15) is 5.75 Å². The highest BCUT2D eigenvalue weighted by atomic mass is 32.2. The van der Waals surface area contributed by atoms with Gasteiger partial charge in [-0.2, -0.15) is 5.26 Å². The maximum atomic E-state index is 8.97. The first-order valence-electron chi connectivity index (χ1n) is 9.23. The SMILES string of the molecule is CCOc1ccc(-n2c(SCC#N)nnc2-c2ccc(C(C)(C)C)cc2)cc1. The average molecular weight is 393 g/mol. The highest BCUT2D eigenvalue weighted by molar-refractivity contribution is 7.99. The Morgan fingerprint density at radius 3 is 2.29 bits per heavy atom. The predicted molar refractivity (Wildman–Crippen MR) is 113 cm³/mol. The Morgan fingerprint density at radius 2 is 1.71 bits per heavy atom. The lowest BCUT2D eigenvalue weighted by molar-refractivity contribution is 0.340. The minimum atomic E-state index is 0.0924. The molecule has 0 amide bonds. The molecule has 0 spiro atoms. The van der Waals surface area contributed by atoms with Crippen molar-refractivity contribution < 1.29 is 4.74 Å². The lowest BCUT2D eigenvalue weighted by Gasteiger charge is -2.19. The predicted octanol–water partition coefficient (Wildman–Crippen LogP) is 5.25. The van der Waals surface area contributed by atoms with E-state index in [0.29, 0.717) is 17.5 Å². The summed E-state index contributed by atoms with van der Waals surface area (Å²) in [7, 11) is 0. The highest BCUT2D eigenvalue weighted by Gasteiger charge is 2.18. The van der Waals surface area contributed by atoms with Gasteiger partial charge in [-0.25, -0.2) is 0 Å². The maximum Gasteiger partial charge on any atom is 0.197 e. The Labute approximate surface area is 170 Å². The number of benzene rings is 2. The van der Waals surface area contributed by atoms with Gasteiger partial charge in [-0.3, -0.25) is 4.57 Å². The second-order valence-corrected chi connectivity index (χ2v) is 8.29. The Kier molecular flexibility index (Phi) is 6.05. The normalized spacial score (nSPS) is 11.2. The number of nitriles is 1. The quantitative estimate of drug-likeness (QED) is 0.536. The van der Waals surface area contributed by atoms with Crippen LogP contribution < -0.4 is 4.74 Å². The van der Waals surface area contributed by atoms with E-state index in [1.165, 1.54) is 17.3 Å². The van der Waals surface area contributed by atoms with E-state index in [0.717, 1.165) is 22.8 Å². The van der Waals surface area contributed by atoms with Gasteiger partial charge in [0, 0.05) is 11.3 Å². The van der Waals surface area contributed by atoms with Gasteiger partial charge >= 0.3 is 0 Å². The Balaban J connectivity index is 2.04. The summed E-state index contributed by atoms with van der Waals surface area (Å²) in [5.41, 5.74) is 3.28. The van der Waals surface area contributed by atoms with Crippen LogP contribution in [0.3, 0.4) is 0 Å². The molecule has 144 valence electrons. The summed E-state index contributed by atoms with van der Waals surface area (Å²) in [4.78, 5) is 0. The molecule has 1 aromatic heterocycles. The van der Waals surface area contributed by atoms with Gasteiger partial charge in [0.15, 0.2) is 11.0 Å². The van der Waals surface area contributed by atoms with Crippen LogP contribution in [0.2, 0.25) is 0 Å². The zero-order chi connectivity index (χ0) is 20.1. The molecule has 0 fully saturated rings. The first-order chi connectivity index (χ1) is 13.4. The minimum Gasteiger partial charge on any atom is -0.494 e. The number of rotatable bonds is 6. The largest absolute Gasteiger partial charge is 0.494 e. The molecule has 0 radical (unpaired) electrons. The fraction of sp³-hybridized carbons (Fsp3) is 0.318. The summed E-state index contributed by atoms with van der Waals surface area (Å²) in [6.07, 6.45) is 0. The second kappa shape index (κ2) is 8.49. The lowest BCUT2D eigenvalue weighted by Crippen LogP contribution is -2.10. The van der Waals surface area contributed by atoms with Crippen molar-refractivity contribution in [2.24, 2.45) is 0 Å². The number of aromatic nitrogens is 3.